The summed E-state index contributed by atoms with van der Waals surface area (Å²) >= 11 is 3.21. The van der Waals surface area contributed by atoms with Crippen molar-refractivity contribution in [2.75, 3.05) is 18.4 Å². The van der Waals surface area contributed by atoms with E-state index in [1.165, 1.54) is 6.07 Å². The zero-order valence-corrected chi connectivity index (χ0v) is 14.8. The van der Waals surface area contributed by atoms with Crippen LogP contribution in [-0.2, 0) is 4.79 Å². The largest absolute Gasteiger partial charge is 0.322 e. The molecule has 0 aliphatic carbocycles. The van der Waals surface area contributed by atoms with Gasteiger partial charge in [-0.2, -0.15) is 0 Å². The highest BCUT2D eigenvalue weighted by Gasteiger charge is 2.26. The minimum atomic E-state index is -0.459. The maximum atomic E-state index is 14.0. The molecule has 2 rings (SSSR count). The molecule has 1 amide bonds. The topological polar surface area (TPSA) is 32.3 Å². The summed E-state index contributed by atoms with van der Waals surface area (Å²) in [5.74, 6) is -0.694. The molecule has 0 aliphatic heterocycles. The van der Waals surface area contributed by atoms with Crippen molar-refractivity contribution in [2.45, 2.75) is 19.9 Å². The zero-order valence-electron chi connectivity index (χ0n) is 13.2. The van der Waals surface area contributed by atoms with Crippen molar-refractivity contribution in [3.63, 3.8) is 0 Å². The first-order valence-electron chi connectivity index (χ1n) is 7.61. The molecule has 23 heavy (non-hydrogen) atoms. The van der Waals surface area contributed by atoms with Gasteiger partial charge in [0.15, 0.2) is 0 Å². The molecule has 0 bridgehead atoms. The fourth-order valence-corrected chi connectivity index (χ4v) is 2.88. The van der Waals surface area contributed by atoms with Gasteiger partial charge in [-0.1, -0.05) is 60.1 Å². The van der Waals surface area contributed by atoms with Gasteiger partial charge >= 0.3 is 0 Å². The molecular formula is C18H20BrFN2O. The highest BCUT2D eigenvalue weighted by atomic mass is 79.9. The van der Waals surface area contributed by atoms with Crippen molar-refractivity contribution < 1.29 is 9.18 Å². The van der Waals surface area contributed by atoms with Crippen molar-refractivity contribution in [3.8, 4) is 0 Å². The Morgan fingerprint density at radius 1 is 1.17 bits per heavy atom. The summed E-state index contributed by atoms with van der Waals surface area (Å²) in [6, 6.07) is 13.7. The second kappa shape index (κ2) is 8.22. The van der Waals surface area contributed by atoms with Crippen molar-refractivity contribution >= 4 is 27.5 Å². The third-order valence-corrected chi connectivity index (χ3v) is 4.22. The standard InChI is InChI=1S/C18H20BrFN2O/c1-3-22(4-2)17(13-8-6-5-7-9-13)18(23)21-16-11-10-14(19)12-15(16)20/h5-12,17H,3-4H2,1-2H3,(H,21,23). The van der Waals surface area contributed by atoms with Crippen molar-refractivity contribution in [1.82, 2.24) is 4.90 Å². The number of benzene rings is 2. The van der Waals surface area contributed by atoms with Crippen LogP contribution in [0.15, 0.2) is 53.0 Å². The Hall–Kier alpha value is -1.72. The first kappa shape index (κ1) is 17.6. The monoisotopic (exact) mass is 378 g/mol. The number of nitrogens with zero attached hydrogens (tertiary/aromatic N) is 1. The van der Waals surface area contributed by atoms with Crippen LogP contribution in [0, 0.1) is 5.82 Å². The molecule has 5 heteroatoms. The molecule has 3 nitrogen and oxygen atoms in total. The van der Waals surface area contributed by atoms with Crippen molar-refractivity contribution in [2.24, 2.45) is 0 Å². The molecule has 0 radical (unpaired) electrons. The van der Waals surface area contributed by atoms with Crippen LogP contribution in [0.3, 0.4) is 0 Å². The minimum absolute atomic E-state index is 0.186. The lowest BCUT2D eigenvalue weighted by Crippen LogP contribution is -2.37. The maximum absolute atomic E-state index is 14.0. The van der Waals surface area contributed by atoms with Crippen LogP contribution in [0.2, 0.25) is 0 Å². The second-order valence-corrected chi connectivity index (χ2v) is 6.06. The smallest absolute Gasteiger partial charge is 0.246 e. The van der Waals surface area contributed by atoms with Crippen molar-refractivity contribution in [1.29, 1.82) is 0 Å². The highest BCUT2D eigenvalue weighted by Crippen LogP contribution is 2.25. The number of carbonyl (C=O) groups excluding carboxylic acids is 1. The SMILES string of the molecule is CCN(CC)C(C(=O)Nc1ccc(Br)cc1F)c1ccccc1. The quantitative estimate of drug-likeness (QED) is 0.795. The van der Waals surface area contributed by atoms with Gasteiger partial charge in [-0.25, -0.2) is 4.39 Å². The summed E-state index contributed by atoms with van der Waals surface area (Å²) in [7, 11) is 0. The van der Waals surface area contributed by atoms with E-state index in [1.807, 2.05) is 49.1 Å². The molecule has 0 aliphatic rings. The molecule has 0 saturated carbocycles. The summed E-state index contributed by atoms with van der Waals surface area (Å²) in [5.41, 5.74) is 1.08. The van der Waals surface area contributed by atoms with E-state index in [0.717, 1.165) is 18.7 Å². The second-order valence-electron chi connectivity index (χ2n) is 5.15. The van der Waals surface area contributed by atoms with Crippen LogP contribution in [0.4, 0.5) is 10.1 Å². The van der Waals surface area contributed by atoms with Gasteiger partial charge < -0.3 is 5.32 Å². The average Bonchev–Trinajstić information content (AvgIpc) is 2.55. The minimum Gasteiger partial charge on any atom is -0.322 e. The molecule has 0 spiro atoms. The molecule has 1 N–H and O–H groups in total. The van der Waals surface area contributed by atoms with Crippen LogP contribution in [-0.4, -0.2) is 23.9 Å². The van der Waals surface area contributed by atoms with Crippen LogP contribution >= 0.6 is 15.9 Å². The fourth-order valence-electron chi connectivity index (χ4n) is 2.54. The number of amides is 1. The number of carbonyl (C=O) groups is 1. The lowest BCUT2D eigenvalue weighted by molar-refractivity contribution is -0.121. The van der Waals surface area contributed by atoms with Crippen molar-refractivity contribution in [3.05, 3.63) is 64.4 Å². The lowest BCUT2D eigenvalue weighted by Gasteiger charge is -2.29. The molecule has 1 unspecified atom stereocenters. The molecule has 2 aromatic rings. The summed E-state index contributed by atoms with van der Waals surface area (Å²) < 4.78 is 14.6. The Bertz CT molecular complexity index is 659. The van der Waals surface area contributed by atoms with Crippen LogP contribution in [0.1, 0.15) is 25.5 Å². The predicted molar refractivity (Wildman–Crippen MR) is 94.8 cm³/mol. The van der Waals surface area contributed by atoms with E-state index in [-0.39, 0.29) is 11.6 Å². The van der Waals surface area contributed by atoms with Gasteiger partial charge in [-0.05, 0) is 36.9 Å². The number of rotatable bonds is 6. The molecule has 0 aromatic heterocycles. The summed E-state index contributed by atoms with van der Waals surface area (Å²) in [6.45, 7) is 5.47. The number of likely N-dealkylation sites (N-methyl/N-ethyl adjacent to an activating group) is 1. The number of hydrogen-bond acceptors (Lipinski definition) is 2. The van der Waals surface area contributed by atoms with Gasteiger partial charge in [-0.15, -0.1) is 0 Å². The van der Waals surface area contributed by atoms with Gasteiger partial charge in [0.1, 0.15) is 11.9 Å². The number of hydrogen-bond donors (Lipinski definition) is 1. The first-order valence-corrected chi connectivity index (χ1v) is 8.41. The molecule has 2 aromatic carbocycles. The summed E-state index contributed by atoms with van der Waals surface area (Å²) in [5, 5.41) is 2.71. The van der Waals surface area contributed by atoms with Gasteiger partial charge in [0, 0.05) is 4.47 Å². The Balaban J connectivity index is 2.29. The van der Waals surface area contributed by atoms with Crippen LogP contribution in [0.5, 0.6) is 0 Å². The van der Waals surface area contributed by atoms with Gasteiger partial charge in [0.25, 0.3) is 0 Å². The van der Waals surface area contributed by atoms with E-state index in [1.54, 1.807) is 12.1 Å². The Kier molecular flexibility index (Phi) is 6.30. The van der Waals surface area contributed by atoms with Gasteiger partial charge in [0.2, 0.25) is 5.91 Å². The molecule has 0 saturated heterocycles. The van der Waals surface area contributed by atoms with Crippen LogP contribution in [0.25, 0.3) is 0 Å². The van der Waals surface area contributed by atoms with Gasteiger partial charge in [0.05, 0.1) is 5.69 Å². The number of halogens is 2. The number of anilines is 1. The fraction of sp³-hybridized carbons (Fsp3) is 0.278. The third kappa shape index (κ3) is 4.39. The summed E-state index contributed by atoms with van der Waals surface area (Å²) in [6.07, 6.45) is 0. The average molecular weight is 379 g/mol. The summed E-state index contributed by atoms with van der Waals surface area (Å²) in [4.78, 5) is 14.8. The van der Waals surface area contributed by atoms with E-state index in [9.17, 15) is 9.18 Å². The molecule has 122 valence electrons. The van der Waals surface area contributed by atoms with E-state index >= 15 is 0 Å². The number of nitrogens with one attached hydrogen (secondary N) is 1. The Morgan fingerprint density at radius 2 is 1.83 bits per heavy atom. The molecule has 0 fully saturated rings. The van der Waals surface area contributed by atoms with Gasteiger partial charge in [-0.3, -0.25) is 9.69 Å². The zero-order chi connectivity index (χ0) is 16.8. The third-order valence-electron chi connectivity index (χ3n) is 3.73. The molecule has 0 heterocycles. The lowest BCUT2D eigenvalue weighted by atomic mass is 10.0. The van der Waals surface area contributed by atoms with E-state index in [2.05, 4.69) is 21.2 Å². The normalized spacial score (nSPS) is 12.2. The Labute approximate surface area is 144 Å². The van der Waals surface area contributed by atoms with E-state index in [0.29, 0.717) is 4.47 Å². The van der Waals surface area contributed by atoms with E-state index in [4.69, 9.17) is 0 Å². The molecular weight excluding hydrogens is 359 g/mol. The van der Waals surface area contributed by atoms with Crippen LogP contribution < -0.4 is 5.32 Å². The first-order chi connectivity index (χ1) is 11.1. The maximum Gasteiger partial charge on any atom is 0.246 e. The Morgan fingerprint density at radius 3 is 2.39 bits per heavy atom. The predicted octanol–water partition coefficient (Wildman–Crippen LogP) is 4.61. The molecule has 1 atom stereocenters. The highest BCUT2D eigenvalue weighted by molar-refractivity contribution is 9.10. The van der Waals surface area contributed by atoms with E-state index < -0.39 is 11.9 Å².